The molecule has 0 unspecified atom stereocenters. The summed E-state index contributed by atoms with van der Waals surface area (Å²) < 4.78 is 0.904. The molecule has 1 aliphatic carbocycles. The zero-order valence-electron chi connectivity index (χ0n) is 12.0. The van der Waals surface area contributed by atoms with Crippen molar-refractivity contribution in [1.29, 1.82) is 0 Å². The molecule has 2 N–H and O–H groups in total. The van der Waals surface area contributed by atoms with Gasteiger partial charge in [0.1, 0.15) is 0 Å². The van der Waals surface area contributed by atoms with Crippen LogP contribution in [0.5, 0.6) is 0 Å². The minimum atomic E-state index is -0.204. The van der Waals surface area contributed by atoms with E-state index in [1.807, 2.05) is 24.3 Å². The number of rotatable bonds is 5. The first-order valence-electron chi connectivity index (χ1n) is 7.45. The Labute approximate surface area is 133 Å². The molecule has 4 nitrogen and oxygen atoms in total. The lowest BCUT2D eigenvalue weighted by atomic mass is 9.87. The maximum Gasteiger partial charge on any atom is 0.243 e. The van der Waals surface area contributed by atoms with Crippen LogP contribution in [0.4, 0.5) is 5.69 Å². The fourth-order valence-electron chi connectivity index (χ4n) is 2.68. The molecular formula is C16H21BrN2O2. The molecule has 1 aromatic carbocycles. The van der Waals surface area contributed by atoms with Crippen molar-refractivity contribution in [2.24, 2.45) is 5.92 Å². The summed E-state index contributed by atoms with van der Waals surface area (Å²) in [5.41, 5.74) is 0.718. The van der Waals surface area contributed by atoms with Gasteiger partial charge in [-0.25, -0.2) is 0 Å². The van der Waals surface area contributed by atoms with Crippen molar-refractivity contribution in [3.8, 4) is 0 Å². The molecular weight excluding hydrogens is 332 g/mol. The lowest BCUT2D eigenvalue weighted by molar-refractivity contribution is -0.125. The van der Waals surface area contributed by atoms with Crippen LogP contribution in [0.2, 0.25) is 0 Å². The molecule has 0 atom stereocenters. The molecule has 1 aromatic rings. The largest absolute Gasteiger partial charge is 0.347 e. The molecule has 0 heterocycles. The van der Waals surface area contributed by atoms with Crippen LogP contribution in [0.15, 0.2) is 28.7 Å². The van der Waals surface area contributed by atoms with Crippen molar-refractivity contribution in [3.05, 3.63) is 28.7 Å². The first kappa shape index (κ1) is 16.0. The van der Waals surface area contributed by atoms with E-state index in [0.29, 0.717) is 12.3 Å². The number of carbonyl (C=O) groups is 2. The molecule has 21 heavy (non-hydrogen) atoms. The molecule has 0 aromatic heterocycles. The topological polar surface area (TPSA) is 58.2 Å². The van der Waals surface area contributed by atoms with Gasteiger partial charge in [-0.3, -0.25) is 9.59 Å². The first-order chi connectivity index (χ1) is 10.1. The van der Waals surface area contributed by atoms with Gasteiger partial charge in [-0.05, 0) is 37.0 Å². The van der Waals surface area contributed by atoms with E-state index in [1.165, 1.54) is 19.3 Å². The van der Waals surface area contributed by atoms with E-state index >= 15 is 0 Å². The second-order valence-electron chi connectivity index (χ2n) is 5.54. The number of halogens is 1. The molecule has 1 fully saturated rings. The Balaban J connectivity index is 1.69. The van der Waals surface area contributed by atoms with Gasteiger partial charge in [0.2, 0.25) is 11.8 Å². The van der Waals surface area contributed by atoms with Gasteiger partial charge >= 0.3 is 0 Å². The highest BCUT2D eigenvalue weighted by Crippen LogP contribution is 2.26. The van der Waals surface area contributed by atoms with E-state index in [-0.39, 0.29) is 18.4 Å². The standard InChI is InChI=1S/C16H21BrN2O2/c17-13-7-4-8-14(10-13)19-16(21)11-18-15(20)9-12-5-2-1-3-6-12/h4,7-8,10,12H,1-3,5-6,9,11H2,(H,18,20)(H,19,21). The van der Waals surface area contributed by atoms with Crippen molar-refractivity contribution in [2.75, 3.05) is 11.9 Å². The summed E-state index contributed by atoms with van der Waals surface area (Å²) in [6.07, 6.45) is 6.55. The zero-order valence-corrected chi connectivity index (χ0v) is 13.6. The van der Waals surface area contributed by atoms with E-state index in [1.54, 1.807) is 0 Å². The fraction of sp³-hybridized carbons (Fsp3) is 0.500. The van der Waals surface area contributed by atoms with Crippen molar-refractivity contribution in [1.82, 2.24) is 5.32 Å². The Morgan fingerprint density at radius 3 is 2.62 bits per heavy atom. The molecule has 2 amide bonds. The smallest absolute Gasteiger partial charge is 0.243 e. The third-order valence-electron chi connectivity index (χ3n) is 3.75. The SMILES string of the molecule is O=C(CC1CCCCC1)NCC(=O)Nc1cccc(Br)c1. The van der Waals surface area contributed by atoms with Gasteiger partial charge in [-0.15, -0.1) is 0 Å². The van der Waals surface area contributed by atoms with Crippen molar-refractivity contribution in [2.45, 2.75) is 38.5 Å². The summed E-state index contributed by atoms with van der Waals surface area (Å²) in [6, 6.07) is 7.37. The van der Waals surface area contributed by atoms with Crippen LogP contribution >= 0.6 is 15.9 Å². The van der Waals surface area contributed by atoms with Gasteiger partial charge < -0.3 is 10.6 Å². The average molecular weight is 353 g/mol. The lowest BCUT2D eigenvalue weighted by Crippen LogP contribution is -2.34. The third-order valence-corrected chi connectivity index (χ3v) is 4.25. The van der Waals surface area contributed by atoms with Gasteiger partial charge in [-0.1, -0.05) is 41.3 Å². The van der Waals surface area contributed by atoms with Gasteiger partial charge in [0.15, 0.2) is 0 Å². The Bertz CT molecular complexity index is 499. The van der Waals surface area contributed by atoms with E-state index < -0.39 is 0 Å². The second-order valence-corrected chi connectivity index (χ2v) is 6.46. The highest BCUT2D eigenvalue weighted by atomic mass is 79.9. The van der Waals surface area contributed by atoms with Crippen LogP contribution < -0.4 is 10.6 Å². The Morgan fingerprint density at radius 1 is 1.14 bits per heavy atom. The van der Waals surface area contributed by atoms with Crippen LogP contribution in [0.1, 0.15) is 38.5 Å². The number of anilines is 1. The van der Waals surface area contributed by atoms with Crippen LogP contribution in [0, 0.1) is 5.92 Å². The van der Waals surface area contributed by atoms with Crippen LogP contribution in [-0.2, 0) is 9.59 Å². The molecule has 0 saturated heterocycles. The summed E-state index contributed by atoms with van der Waals surface area (Å²) in [7, 11) is 0. The summed E-state index contributed by atoms with van der Waals surface area (Å²) in [5, 5.41) is 5.46. The van der Waals surface area contributed by atoms with Crippen LogP contribution in [0.3, 0.4) is 0 Å². The zero-order chi connectivity index (χ0) is 15.1. The van der Waals surface area contributed by atoms with Crippen LogP contribution in [0.25, 0.3) is 0 Å². The fourth-order valence-corrected chi connectivity index (χ4v) is 3.08. The Morgan fingerprint density at radius 2 is 1.90 bits per heavy atom. The summed E-state index contributed by atoms with van der Waals surface area (Å²) in [5.74, 6) is 0.267. The van der Waals surface area contributed by atoms with Crippen molar-refractivity contribution < 1.29 is 9.59 Å². The number of nitrogens with one attached hydrogen (secondary N) is 2. The maximum absolute atomic E-state index is 11.8. The molecule has 5 heteroatoms. The van der Waals surface area contributed by atoms with Gasteiger partial charge in [0.25, 0.3) is 0 Å². The Kier molecular flexibility index (Phi) is 6.23. The monoisotopic (exact) mass is 352 g/mol. The minimum absolute atomic E-state index is 0.0220. The average Bonchev–Trinajstić information content (AvgIpc) is 2.46. The third kappa shape index (κ3) is 5.87. The second kappa shape index (κ2) is 8.17. The molecule has 0 radical (unpaired) electrons. The number of hydrogen-bond donors (Lipinski definition) is 2. The first-order valence-corrected chi connectivity index (χ1v) is 8.25. The predicted molar refractivity (Wildman–Crippen MR) is 87.0 cm³/mol. The van der Waals surface area contributed by atoms with Gasteiger partial charge in [0.05, 0.1) is 6.54 Å². The molecule has 0 spiro atoms. The number of hydrogen-bond acceptors (Lipinski definition) is 2. The predicted octanol–water partition coefficient (Wildman–Crippen LogP) is 3.47. The molecule has 2 rings (SSSR count). The number of carbonyl (C=O) groups excluding carboxylic acids is 2. The van der Waals surface area contributed by atoms with Crippen molar-refractivity contribution >= 4 is 33.4 Å². The highest BCUT2D eigenvalue weighted by molar-refractivity contribution is 9.10. The van der Waals surface area contributed by atoms with Gasteiger partial charge in [-0.2, -0.15) is 0 Å². The van der Waals surface area contributed by atoms with E-state index in [2.05, 4.69) is 26.6 Å². The van der Waals surface area contributed by atoms with E-state index in [0.717, 1.165) is 23.0 Å². The lowest BCUT2D eigenvalue weighted by Gasteiger charge is -2.20. The van der Waals surface area contributed by atoms with Crippen LogP contribution in [-0.4, -0.2) is 18.4 Å². The number of benzene rings is 1. The molecule has 1 aliphatic rings. The van der Waals surface area contributed by atoms with E-state index in [4.69, 9.17) is 0 Å². The molecule has 1 saturated carbocycles. The molecule has 114 valence electrons. The summed E-state index contributed by atoms with van der Waals surface area (Å²) in [6.45, 7) is 0.0259. The van der Waals surface area contributed by atoms with Gasteiger partial charge in [0, 0.05) is 16.6 Å². The normalized spacial score (nSPS) is 15.5. The molecule has 0 bridgehead atoms. The molecule has 0 aliphatic heterocycles. The van der Waals surface area contributed by atoms with Crippen molar-refractivity contribution in [3.63, 3.8) is 0 Å². The number of amides is 2. The summed E-state index contributed by atoms with van der Waals surface area (Å²) in [4.78, 5) is 23.6. The minimum Gasteiger partial charge on any atom is -0.347 e. The van der Waals surface area contributed by atoms with E-state index in [9.17, 15) is 9.59 Å². The highest BCUT2D eigenvalue weighted by Gasteiger charge is 2.17. The maximum atomic E-state index is 11.8. The quantitative estimate of drug-likeness (QED) is 0.852. The Hall–Kier alpha value is -1.36. The summed E-state index contributed by atoms with van der Waals surface area (Å²) >= 11 is 3.35.